The Morgan fingerprint density at radius 3 is 2.24 bits per heavy atom. The molecule has 2 rings (SSSR count). The van der Waals surface area contributed by atoms with Crippen molar-refractivity contribution in [2.24, 2.45) is 4.99 Å². The van der Waals surface area contributed by atoms with Gasteiger partial charge in [-0.15, -0.1) is 0 Å². The fourth-order valence-electron chi connectivity index (χ4n) is 2.29. The molecule has 0 aliphatic carbocycles. The van der Waals surface area contributed by atoms with Crippen molar-refractivity contribution in [3.05, 3.63) is 58.6 Å². The summed E-state index contributed by atoms with van der Waals surface area (Å²) in [6.07, 6.45) is 0. The highest BCUT2D eigenvalue weighted by atomic mass is 35.5. The van der Waals surface area contributed by atoms with Gasteiger partial charge in [0.05, 0.1) is 13.7 Å². The molecular formula is C19H24ClN3O2. The SMILES string of the molecule is CCOc1cc(CNC(=NC)NCc2ccc(Cl)cc2)ccc1OC. The first kappa shape index (κ1) is 18.9. The highest BCUT2D eigenvalue weighted by Gasteiger charge is 2.06. The molecule has 0 unspecified atom stereocenters. The number of hydrogen-bond donors (Lipinski definition) is 2. The average molecular weight is 362 g/mol. The van der Waals surface area contributed by atoms with E-state index in [9.17, 15) is 0 Å². The summed E-state index contributed by atoms with van der Waals surface area (Å²) < 4.78 is 10.9. The highest BCUT2D eigenvalue weighted by Crippen LogP contribution is 2.27. The van der Waals surface area contributed by atoms with Gasteiger partial charge < -0.3 is 20.1 Å². The maximum atomic E-state index is 5.90. The van der Waals surface area contributed by atoms with Gasteiger partial charge in [-0.05, 0) is 42.3 Å². The molecule has 2 aromatic carbocycles. The summed E-state index contributed by atoms with van der Waals surface area (Å²) in [7, 11) is 3.38. The Morgan fingerprint density at radius 2 is 1.64 bits per heavy atom. The van der Waals surface area contributed by atoms with E-state index < -0.39 is 0 Å². The third-order valence-electron chi connectivity index (χ3n) is 3.58. The zero-order valence-corrected chi connectivity index (χ0v) is 15.6. The lowest BCUT2D eigenvalue weighted by Crippen LogP contribution is -2.36. The summed E-state index contributed by atoms with van der Waals surface area (Å²) in [4.78, 5) is 4.24. The summed E-state index contributed by atoms with van der Waals surface area (Å²) in [6, 6.07) is 13.6. The molecule has 5 nitrogen and oxygen atoms in total. The van der Waals surface area contributed by atoms with E-state index in [1.165, 1.54) is 0 Å². The van der Waals surface area contributed by atoms with E-state index in [1.54, 1.807) is 14.2 Å². The monoisotopic (exact) mass is 361 g/mol. The van der Waals surface area contributed by atoms with E-state index in [2.05, 4.69) is 15.6 Å². The molecule has 0 bridgehead atoms. The Bertz CT molecular complexity index is 702. The number of nitrogens with zero attached hydrogens (tertiary/aromatic N) is 1. The largest absolute Gasteiger partial charge is 0.493 e. The Hall–Kier alpha value is -2.40. The molecular weight excluding hydrogens is 338 g/mol. The van der Waals surface area contributed by atoms with Crippen molar-refractivity contribution in [2.45, 2.75) is 20.0 Å². The number of halogens is 1. The van der Waals surface area contributed by atoms with Crippen LogP contribution in [0.1, 0.15) is 18.1 Å². The molecule has 0 fully saturated rings. The number of nitrogens with one attached hydrogen (secondary N) is 2. The summed E-state index contributed by atoms with van der Waals surface area (Å²) in [5.74, 6) is 2.20. The van der Waals surface area contributed by atoms with Gasteiger partial charge in [-0.25, -0.2) is 0 Å². The highest BCUT2D eigenvalue weighted by molar-refractivity contribution is 6.30. The molecule has 25 heavy (non-hydrogen) atoms. The van der Waals surface area contributed by atoms with E-state index in [0.29, 0.717) is 19.7 Å². The summed E-state index contributed by atoms with van der Waals surface area (Å²) in [6.45, 7) is 3.85. The van der Waals surface area contributed by atoms with Crippen LogP contribution in [0.15, 0.2) is 47.5 Å². The quantitative estimate of drug-likeness (QED) is 0.584. The molecule has 0 heterocycles. The molecule has 0 aliphatic heterocycles. The molecule has 0 aromatic heterocycles. The van der Waals surface area contributed by atoms with Crippen molar-refractivity contribution < 1.29 is 9.47 Å². The van der Waals surface area contributed by atoms with Crippen LogP contribution in [0.4, 0.5) is 0 Å². The second-order valence-electron chi connectivity index (χ2n) is 5.32. The van der Waals surface area contributed by atoms with Crippen LogP contribution in [0.5, 0.6) is 11.5 Å². The summed E-state index contributed by atoms with van der Waals surface area (Å²) in [5.41, 5.74) is 2.22. The second-order valence-corrected chi connectivity index (χ2v) is 5.76. The van der Waals surface area contributed by atoms with Crippen LogP contribution in [0.2, 0.25) is 5.02 Å². The van der Waals surface area contributed by atoms with Gasteiger partial charge in [-0.3, -0.25) is 4.99 Å². The Morgan fingerprint density at radius 1 is 1.00 bits per heavy atom. The van der Waals surface area contributed by atoms with E-state index in [0.717, 1.165) is 33.6 Å². The van der Waals surface area contributed by atoms with E-state index in [4.69, 9.17) is 21.1 Å². The number of guanidine groups is 1. The molecule has 2 aromatic rings. The van der Waals surface area contributed by atoms with Crippen LogP contribution < -0.4 is 20.1 Å². The molecule has 0 saturated carbocycles. The maximum Gasteiger partial charge on any atom is 0.191 e. The first-order valence-corrected chi connectivity index (χ1v) is 8.52. The van der Waals surface area contributed by atoms with Gasteiger partial charge in [0.15, 0.2) is 17.5 Å². The normalized spacial score (nSPS) is 11.1. The smallest absolute Gasteiger partial charge is 0.191 e. The van der Waals surface area contributed by atoms with Gasteiger partial charge in [-0.2, -0.15) is 0 Å². The number of hydrogen-bond acceptors (Lipinski definition) is 3. The van der Waals surface area contributed by atoms with Crippen molar-refractivity contribution in [1.29, 1.82) is 0 Å². The standard InChI is InChI=1S/C19H24ClN3O2/c1-4-25-18-11-15(7-10-17(18)24-3)13-23-19(21-2)22-12-14-5-8-16(20)9-6-14/h5-11H,4,12-13H2,1-3H3,(H2,21,22,23). The Kier molecular flexibility index (Phi) is 7.41. The third-order valence-corrected chi connectivity index (χ3v) is 3.84. The van der Waals surface area contributed by atoms with E-state index in [-0.39, 0.29) is 0 Å². The number of rotatable bonds is 7. The fraction of sp³-hybridized carbons (Fsp3) is 0.316. The minimum Gasteiger partial charge on any atom is -0.493 e. The molecule has 0 aliphatic rings. The number of aliphatic imine (C=N–C) groups is 1. The molecule has 2 N–H and O–H groups in total. The van der Waals surface area contributed by atoms with E-state index >= 15 is 0 Å². The predicted molar refractivity (Wildman–Crippen MR) is 103 cm³/mol. The van der Waals surface area contributed by atoms with Gasteiger partial charge in [0.2, 0.25) is 0 Å². The predicted octanol–water partition coefficient (Wildman–Crippen LogP) is 3.61. The minimum absolute atomic E-state index is 0.595. The van der Waals surface area contributed by atoms with Gasteiger partial charge >= 0.3 is 0 Å². The van der Waals surface area contributed by atoms with Crippen LogP contribution in [-0.4, -0.2) is 26.7 Å². The molecule has 0 amide bonds. The first-order chi connectivity index (χ1) is 12.2. The third kappa shape index (κ3) is 5.87. The molecule has 0 atom stereocenters. The lowest BCUT2D eigenvalue weighted by molar-refractivity contribution is 0.310. The van der Waals surface area contributed by atoms with Gasteiger partial charge in [-0.1, -0.05) is 29.8 Å². The Labute approximate surface area is 154 Å². The Balaban J connectivity index is 1.91. The fourth-order valence-corrected chi connectivity index (χ4v) is 2.42. The molecule has 134 valence electrons. The lowest BCUT2D eigenvalue weighted by atomic mass is 10.2. The van der Waals surface area contributed by atoms with Crippen molar-refractivity contribution in [2.75, 3.05) is 20.8 Å². The summed E-state index contributed by atoms with van der Waals surface area (Å²) >= 11 is 5.90. The minimum atomic E-state index is 0.595. The van der Waals surface area contributed by atoms with Crippen LogP contribution >= 0.6 is 11.6 Å². The van der Waals surface area contributed by atoms with Crippen LogP contribution in [0.25, 0.3) is 0 Å². The maximum absolute atomic E-state index is 5.90. The van der Waals surface area contributed by atoms with Crippen LogP contribution in [0, 0.1) is 0 Å². The van der Waals surface area contributed by atoms with Crippen LogP contribution in [0.3, 0.4) is 0 Å². The zero-order chi connectivity index (χ0) is 18.1. The lowest BCUT2D eigenvalue weighted by Gasteiger charge is -2.14. The topological polar surface area (TPSA) is 54.9 Å². The van der Waals surface area contributed by atoms with Gasteiger partial charge in [0.25, 0.3) is 0 Å². The van der Waals surface area contributed by atoms with Crippen molar-refractivity contribution in [3.8, 4) is 11.5 Å². The van der Waals surface area contributed by atoms with Crippen molar-refractivity contribution >= 4 is 17.6 Å². The molecule has 6 heteroatoms. The second kappa shape index (κ2) is 9.79. The molecule has 0 saturated heterocycles. The number of methoxy groups -OCH3 is 1. The average Bonchev–Trinajstić information content (AvgIpc) is 2.64. The molecule has 0 radical (unpaired) electrons. The number of ether oxygens (including phenoxy) is 2. The van der Waals surface area contributed by atoms with Crippen molar-refractivity contribution in [1.82, 2.24) is 10.6 Å². The van der Waals surface area contributed by atoms with Gasteiger partial charge in [0, 0.05) is 25.2 Å². The zero-order valence-electron chi connectivity index (χ0n) is 14.8. The summed E-state index contributed by atoms with van der Waals surface area (Å²) in [5, 5.41) is 7.30. The van der Waals surface area contributed by atoms with Crippen molar-refractivity contribution in [3.63, 3.8) is 0 Å². The van der Waals surface area contributed by atoms with Gasteiger partial charge in [0.1, 0.15) is 0 Å². The number of benzene rings is 2. The van der Waals surface area contributed by atoms with E-state index in [1.807, 2.05) is 49.4 Å². The molecule has 0 spiro atoms. The first-order valence-electron chi connectivity index (χ1n) is 8.15. The van der Waals surface area contributed by atoms with Crippen LogP contribution in [-0.2, 0) is 13.1 Å².